The standard InChI is InChI=1S/C16H20ClNO2/c1-3-18-15(10-12-6-4-5-7-14(12)17)16-9-8-13(20-16)11-19-2/h4-9,15,18H,3,10-11H2,1-2H3. The zero-order valence-corrected chi connectivity index (χ0v) is 12.6. The van der Waals surface area contributed by atoms with Crippen LogP contribution >= 0.6 is 11.6 Å². The van der Waals surface area contributed by atoms with Crippen LogP contribution in [0.5, 0.6) is 0 Å². The molecule has 1 atom stereocenters. The van der Waals surface area contributed by atoms with Crippen molar-refractivity contribution in [2.24, 2.45) is 0 Å². The number of methoxy groups -OCH3 is 1. The van der Waals surface area contributed by atoms with E-state index in [1.165, 1.54) is 0 Å². The number of halogens is 1. The highest BCUT2D eigenvalue weighted by atomic mass is 35.5. The summed E-state index contributed by atoms with van der Waals surface area (Å²) in [6.45, 7) is 3.44. The van der Waals surface area contributed by atoms with Crippen LogP contribution in [0.1, 0.15) is 30.0 Å². The highest BCUT2D eigenvalue weighted by Crippen LogP contribution is 2.25. The van der Waals surface area contributed by atoms with Gasteiger partial charge in [0.2, 0.25) is 0 Å². The maximum atomic E-state index is 6.23. The number of hydrogen-bond acceptors (Lipinski definition) is 3. The SMILES string of the molecule is CCNC(Cc1ccccc1Cl)c1ccc(COC)o1. The monoisotopic (exact) mass is 293 g/mol. The molecule has 0 aliphatic rings. The molecule has 4 heteroatoms. The van der Waals surface area contributed by atoms with E-state index in [0.717, 1.165) is 35.1 Å². The lowest BCUT2D eigenvalue weighted by Crippen LogP contribution is -2.22. The predicted octanol–water partition coefficient (Wildman–Crippen LogP) is 3.97. The third kappa shape index (κ3) is 3.85. The van der Waals surface area contributed by atoms with E-state index in [1.807, 2.05) is 36.4 Å². The molecule has 0 radical (unpaired) electrons. The van der Waals surface area contributed by atoms with E-state index >= 15 is 0 Å². The number of ether oxygens (including phenoxy) is 1. The minimum Gasteiger partial charge on any atom is -0.462 e. The van der Waals surface area contributed by atoms with E-state index in [2.05, 4.69) is 12.2 Å². The molecule has 1 N–H and O–H groups in total. The first-order valence-electron chi connectivity index (χ1n) is 6.79. The molecule has 0 amide bonds. The largest absolute Gasteiger partial charge is 0.462 e. The second-order valence-corrected chi connectivity index (χ2v) is 5.05. The van der Waals surface area contributed by atoms with Crippen LogP contribution < -0.4 is 5.32 Å². The Kier molecular flexibility index (Phi) is 5.65. The molecule has 108 valence electrons. The zero-order chi connectivity index (χ0) is 14.4. The van der Waals surface area contributed by atoms with Gasteiger partial charge in [-0.3, -0.25) is 0 Å². The highest BCUT2D eigenvalue weighted by Gasteiger charge is 2.16. The van der Waals surface area contributed by atoms with E-state index < -0.39 is 0 Å². The van der Waals surface area contributed by atoms with Crippen LogP contribution in [-0.4, -0.2) is 13.7 Å². The number of nitrogens with one attached hydrogen (secondary N) is 1. The first-order chi connectivity index (χ1) is 9.74. The third-order valence-corrected chi connectivity index (χ3v) is 3.51. The number of hydrogen-bond donors (Lipinski definition) is 1. The number of benzene rings is 1. The lowest BCUT2D eigenvalue weighted by atomic mass is 10.0. The fraction of sp³-hybridized carbons (Fsp3) is 0.375. The average molecular weight is 294 g/mol. The zero-order valence-electron chi connectivity index (χ0n) is 11.9. The Morgan fingerprint density at radius 3 is 2.75 bits per heavy atom. The molecule has 1 unspecified atom stereocenters. The van der Waals surface area contributed by atoms with Crippen LogP contribution in [0.25, 0.3) is 0 Å². The van der Waals surface area contributed by atoms with Gasteiger partial charge in [0.1, 0.15) is 18.1 Å². The van der Waals surface area contributed by atoms with Crippen molar-refractivity contribution >= 4 is 11.6 Å². The van der Waals surface area contributed by atoms with Crippen molar-refractivity contribution in [2.45, 2.75) is 26.0 Å². The van der Waals surface area contributed by atoms with Crippen LogP contribution in [0.4, 0.5) is 0 Å². The molecule has 0 aliphatic carbocycles. The van der Waals surface area contributed by atoms with Crippen molar-refractivity contribution in [3.8, 4) is 0 Å². The number of likely N-dealkylation sites (N-methyl/N-ethyl adjacent to an activating group) is 1. The van der Waals surface area contributed by atoms with Gasteiger partial charge in [-0.1, -0.05) is 36.7 Å². The van der Waals surface area contributed by atoms with Crippen LogP contribution in [0.15, 0.2) is 40.8 Å². The first-order valence-corrected chi connectivity index (χ1v) is 7.16. The van der Waals surface area contributed by atoms with E-state index in [9.17, 15) is 0 Å². The topological polar surface area (TPSA) is 34.4 Å². The Labute approximate surface area is 124 Å². The molecule has 1 heterocycles. The minimum atomic E-state index is 0.116. The van der Waals surface area contributed by atoms with Crippen molar-refractivity contribution in [2.75, 3.05) is 13.7 Å². The number of rotatable bonds is 7. The van der Waals surface area contributed by atoms with Crippen molar-refractivity contribution in [3.63, 3.8) is 0 Å². The second-order valence-electron chi connectivity index (χ2n) is 4.64. The summed E-state index contributed by atoms with van der Waals surface area (Å²) in [6.07, 6.45) is 0.799. The predicted molar refractivity (Wildman–Crippen MR) is 81.0 cm³/mol. The fourth-order valence-electron chi connectivity index (χ4n) is 2.21. The molecule has 0 fully saturated rings. The summed E-state index contributed by atoms with van der Waals surface area (Å²) in [5.41, 5.74) is 1.12. The summed E-state index contributed by atoms with van der Waals surface area (Å²) in [5, 5.41) is 4.23. The van der Waals surface area contributed by atoms with Gasteiger partial charge in [0.25, 0.3) is 0 Å². The summed E-state index contributed by atoms with van der Waals surface area (Å²) in [5.74, 6) is 1.75. The van der Waals surface area contributed by atoms with Gasteiger partial charge >= 0.3 is 0 Å². The van der Waals surface area contributed by atoms with Gasteiger partial charge in [-0.25, -0.2) is 0 Å². The van der Waals surface area contributed by atoms with Gasteiger partial charge in [-0.2, -0.15) is 0 Å². The van der Waals surface area contributed by atoms with Crippen LogP contribution in [0.3, 0.4) is 0 Å². The second kappa shape index (κ2) is 7.48. The van der Waals surface area contributed by atoms with Gasteiger partial charge in [-0.05, 0) is 36.7 Å². The quantitative estimate of drug-likeness (QED) is 0.839. The Morgan fingerprint density at radius 2 is 2.05 bits per heavy atom. The molecule has 2 aromatic rings. The summed E-state index contributed by atoms with van der Waals surface area (Å²) >= 11 is 6.23. The molecule has 0 aliphatic heterocycles. The Hall–Kier alpha value is -1.29. The minimum absolute atomic E-state index is 0.116. The molecule has 1 aromatic heterocycles. The van der Waals surface area contributed by atoms with Crippen molar-refractivity contribution < 1.29 is 9.15 Å². The molecule has 0 saturated heterocycles. The molecule has 0 bridgehead atoms. The number of furan rings is 1. The first kappa shape index (κ1) is 15.1. The van der Waals surface area contributed by atoms with Gasteiger partial charge in [0.05, 0.1) is 6.04 Å². The summed E-state index contributed by atoms with van der Waals surface area (Å²) in [7, 11) is 1.66. The molecule has 2 rings (SSSR count). The van der Waals surface area contributed by atoms with Crippen LogP contribution in [0.2, 0.25) is 5.02 Å². The van der Waals surface area contributed by atoms with Crippen LogP contribution in [-0.2, 0) is 17.8 Å². The molecule has 3 nitrogen and oxygen atoms in total. The van der Waals surface area contributed by atoms with Gasteiger partial charge in [-0.15, -0.1) is 0 Å². The van der Waals surface area contributed by atoms with Crippen molar-refractivity contribution in [1.29, 1.82) is 0 Å². The summed E-state index contributed by atoms with van der Waals surface area (Å²) < 4.78 is 10.9. The maximum absolute atomic E-state index is 6.23. The van der Waals surface area contributed by atoms with Gasteiger partial charge < -0.3 is 14.5 Å². The van der Waals surface area contributed by atoms with E-state index in [0.29, 0.717) is 6.61 Å². The normalized spacial score (nSPS) is 12.6. The van der Waals surface area contributed by atoms with Crippen LogP contribution in [0, 0.1) is 0 Å². The molecular formula is C16H20ClNO2. The highest BCUT2D eigenvalue weighted by molar-refractivity contribution is 6.31. The van der Waals surface area contributed by atoms with Crippen molar-refractivity contribution in [3.05, 3.63) is 58.5 Å². The maximum Gasteiger partial charge on any atom is 0.129 e. The third-order valence-electron chi connectivity index (χ3n) is 3.14. The van der Waals surface area contributed by atoms with Gasteiger partial charge in [0.15, 0.2) is 0 Å². The fourth-order valence-corrected chi connectivity index (χ4v) is 2.42. The smallest absolute Gasteiger partial charge is 0.129 e. The van der Waals surface area contributed by atoms with E-state index in [-0.39, 0.29) is 6.04 Å². The Balaban J connectivity index is 2.15. The average Bonchev–Trinajstić information content (AvgIpc) is 2.90. The molecule has 20 heavy (non-hydrogen) atoms. The molecule has 1 aromatic carbocycles. The van der Waals surface area contributed by atoms with Gasteiger partial charge in [0, 0.05) is 12.1 Å². The van der Waals surface area contributed by atoms with Crippen molar-refractivity contribution in [1.82, 2.24) is 5.32 Å². The molecule has 0 saturated carbocycles. The lowest BCUT2D eigenvalue weighted by Gasteiger charge is -2.16. The Morgan fingerprint density at radius 1 is 1.25 bits per heavy atom. The lowest BCUT2D eigenvalue weighted by molar-refractivity contribution is 0.161. The summed E-state index contributed by atoms with van der Waals surface area (Å²) in [4.78, 5) is 0. The summed E-state index contributed by atoms with van der Waals surface area (Å²) in [6, 6.07) is 12.0. The van der Waals surface area contributed by atoms with E-state index in [4.69, 9.17) is 20.8 Å². The molecule has 0 spiro atoms. The molecular weight excluding hydrogens is 274 g/mol. The van der Waals surface area contributed by atoms with E-state index in [1.54, 1.807) is 7.11 Å². The Bertz CT molecular complexity index is 539.